The van der Waals surface area contributed by atoms with Crippen LogP contribution >= 0.6 is 0 Å². The number of hydrogen-bond donors (Lipinski definition) is 1. The quantitative estimate of drug-likeness (QED) is 0.801. The molecule has 0 fully saturated rings. The molecule has 0 saturated heterocycles. The van der Waals surface area contributed by atoms with Crippen molar-refractivity contribution in [2.24, 2.45) is 0 Å². The van der Waals surface area contributed by atoms with Crippen molar-refractivity contribution in [3.8, 4) is 5.75 Å². The first-order valence-electron chi connectivity index (χ1n) is 6.57. The maximum atomic E-state index is 11.9. The van der Waals surface area contributed by atoms with E-state index in [1.807, 2.05) is 48.5 Å². The molecule has 0 aliphatic rings. The lowest BCUT2D eigenvalue weighted by molar-refractivity contribution is 0.415. The lowest BCUT2D eigenvalue weighted by atomic mass is 10.2. The summed E-state index contributed by atoms with van der Waals surface area (Å²) in [5.41, 5.74) is 1.57. The zero-order valence-electron chi connectivity index (χ0n) is 11.5. The Morgan fingerprint density at radius 3 is 2.57 bits per heavy atom. The van der Waals surface area contributed by atoms with Crippen molar-refractivity contribution in [3.63, 3.8) is 0 Å². The molecule has 0 radical (unpaired) electrons. The summed E-state index contributed by atoms with van der Waals surface area (Å²) in [4.78, 5) is 19.1. The number of aromatic nitrogens is 2. The second-order valence-corrected chi connectivity index (χ2v) is 4.57. The first-order valence-corrected chi connectivity index (χ1v) is 6.57. The van der Waals surface area contributed by atoms with Crippen molar-refractivity contribution in [2.45, 2.75) is 0 Å². The standard InChI is InChI=1S/C17H14N2O2/c1-21-13-9-6-12(7-10-13)8-11-16-18-15-5-3-2-4-14(15)17(20)19-16/h2-11H,1H3,(H,18,19,20)/b11-8+. The molecule has 0 unspecified atom stereocenters. The number of fused-ring (bicyclic) bond motifs is 1. The molecule has 3 aromatic rings. The predicted octanol–water partition coefficient (Wildman–Crippen LogP) is 3.10. The van der Waals surface area contributed by atoms with Crippen LogP contribution in [-0.2, 0) is 0 Å². The molecule has 0 atom stereocenters. The van der Waals surface area contributed by atoms with Gasteiger partial charge >= 0.3 is 0 Å². The SMILES string of the molecule is COc1ccc(/C=C/c2nc3ccccc3c(=O)[nH]2)cc1. The first kappa shape index (κ1) is 13.1. The highest BCUT2D eigenvalue weighted by Crippen LogP contribution is 2.13. The van der Waals surface area contributed by atoms with Crippen molar-refractivity contribution in [1.82, 2.24) is 9.97 Å². The molecule has 1 aromatic heterocycles. The highest BCUT2D eigenvalue weighted by molar-refractivity contribution is 5.78. The summed E-state index contributed by atoms with van der Waals surface area (Å²) in [7, 11) is 1.63. The van der Waals surface area contributed by atoms with E-state index in [2.05, 4.69) is 9.97 Å². The van der Waals surface area contributed by atoms with Crippen molar-refractivity contribution in [3.05, 3.63) is 70.3 Å². The van der Waals surface area contributed by atoms with E-state index in [9.17, 15) is 4.79 Å². The Bertz CT molecular complexity index is 849. The number of nitrogens with zero attached hydrogens (tertiary/aromatic N) is 1. The van der Waals surface area contributed by atoms with Crippen molar-refractivity contribution < 1.29 is 4.74 Å². The van der Waals surface area contributed by atoms with Gasteiger partial charge in [-0.1, -0.05) is 30.3 Å². The van der Waals surface area contributed by atoms with Gasteiger partial charge in [0.2, 0.25) is 0 Å². The summed E-state index contributed by atoms with van der Waals surface area (Å²) in [6.45, 7) is 0. The Morgan fingerprint density at radius 1 is 1.05 bits per heavy atom. The highest BCUT2D eigenvalue weighted by Gasteiger charge is 2.00. The molecule has 1 N–H and O–H groups in total. The molecule has 0 bridgehead atoms. The number of rotatable bonds is 3. The first-order chi connectivity index (χ1) is 10.3. The van der Waals surface area contributed by atoms with Crippen molar-refractivity contribution in [2.75, 3.05) is 7.11 Å². The number of benzene rings is 2. The summed E-state index contributed by atoms with van der Waals surface area (Å²) in [5.74, 6) is 1.35. The van der Waals surface area contributed by atoms with Crippen LogP contribution in [0.5, 0.6) is 5.75 Å². The van der Waals surface area contributed by atoms with Gasteiger partial charge in [-0.2, -0.15) is 0 Å². The molecule has 3 rings (SSSR count). The van der Waals surface area contributed by atoms with Gasteiger partial charge in [-0.25, -0.2) is 4.98 Å². The normalized spacial score (nSPS) is 11.1. The molecule has 104 valence electrons. The zero-order chi connectivity index (χ0) is 14.7. The lowest BCUT2D eigenvalue weighted by Gasteiger charge is -2.00. The Hall–Kier alpha value is -2.88. The number of aromatic amines is 1. The van der Waals surface area contributed by atoms with Crippen molar-refractivity contribution in [1.29, 1.82) is 0 Å². The van der Waals surface area contributed by atoms with E-state index in [0.29, 0.717) is 16.7 Å². The maximum absolute atomic E-state index is 11.9. The summed E-state index contributed by atoms with van der Waals surface area (Å²) >= 11 is 0. The molecule has 0 aliphatic carbocycles. The van der Waals surface area contributed by atoms with Gasteiger partial charge in [-0.3, -0.25) is 4.79 Å². The third kappa shape index (κ3) is 2.84. The van der Waals surface area contributed by atoms with E-state index < -0.39 is 0 Å². The molecule has 0 aliphatic heterocycles. The minimum Gasteiger partial charge on any atom is -0.497 e. The lowest BCUT2D eigenvalue weighted by Crippen LogP contribution is -2.09. The van der Waals surface area contributed by atoms with Crippen LogP contribution < -0.4 is 10.3 Å². The van der Waals surface area contributed by atoms with Gasteiger partial charge in [-0.05, 0) is 35.9 Å². The molecule has 1 heterocycles. The third-order valence-electron chi connectivity index (χ3n) is 3.18. The van der Waals surface area contributed by atoms with Crippen LogP contribution in [0.25, 0.3) is 23.1 Å². The fraction of sp³-hybridized carbons (Fsp3) is 0.0588. The molecular weight excluding hydrogens is 264 g/mol. The van der Waals surface area contributed by atoms with Crippen LogP contribution in [0.2, 0.25) is 0 Å². The van der Waals surface area contributed by atoms with Crippen LogP contribution in [0.3, 0.4) is 0 Å². The number of H-pyrrole nitrogens is 1. The number of nitrogens with one attached hydrogen (secondary N) is 1. The van der Waals surface area contributed by atoms with Crippen LogP contribution in [0, 0.1) is 0 Å². The zero-order valence-corrected chi connectivity index (χ0v) is 11.5. The van der Waals surface area contributed by atoms with Gasteiger partial charge in [0.15, 0.2) is 0 Å². The number of methoxy groups -OCH3 is 1. The van der Waals surface area contributed by atoms with Crippen LogP contribution in [-0.4, -0.2) is 17.1 Å². The average Bonchev–Trinajstić information content (AvgIpc) is 2.53. The molecular formula is C17H14N2O2. The second kappa shape index (κ2) is 5.63. The molecule has 0 spiro atoms. The van der Waals surface area contributed by atoms with Crippen LogP contribution in [0.1, 0.15) is 11.4 Å². The third-order valence-corrected chi connectivity index (χ3v) is 3.18. The summed E-state index contributed by atoms with van der Waals surface area (Å²) in [6, 6.07) is 14.9. The number of ether oxygens (including phenoxy) is 1. The summed E-state index contributed by atoms with van der Waals surface area (Å²) in [6.07, 6.45) is 3.68. The minimum absolute atomic E-state index is 0.130. The molecule has 4 nitrogen and oxygen atoms in total. The van der Waals surface area contributed by atoms with Crippen molar-refractivity contribution >= 4 is 23.1 Å². The van der Waals surface area contributed by atoms with E-state index in [-0.39, 0.29) is 5.56 Å². The minimum atomic E-state index is -0.130. The highest BCUT2D eigenvalue weighted by atomic mass is 16.5. The van der Waals surface area contributed by atoms with Gasteiger partial charge in [0.05, 0.1) is 18.0 Å². The molecule has 4 heteroatoms. The number of hydrogen-bond acceptors (Lipinski definition) is 3. The Balaban J connectivity index is 1.93. The molecule has 0 saturated carbocycles. The van der Waals surface area contributed by atoms with Crippen LogP contribution in [0.4, 0.5) is 0 Å². The average molecular weight is 278 g/mol. The molecule has 2 aromatic carbocycles. The van der Waals surface area contributed by atoms with Gasteiger partial charge in [0.25, 0.3) is 5.56 Å². The fourth-order valence-electron chi connectivity index (χ4n) is 2.07. The molecule has 21 heavy (non-hydrogen) atoms. The van der Waals surface area contributed by atoms with E-state index in [1.165, 1.54) is 0 Å². The molecule has 0 amide bonds. The summed E-state index contributed by atoms with van der Waals surface area (Å²) < 4.78 is 5.11. The summed E-state index contributed by atoms with van der Waals surface area (Å²) in [5, 5.41) is 0.596. The van der Waals surface area contributed by atoms with Gasteiger partial charge < -0.3 is 9.72 Å². The monoisotopic (exact) mass is 278 g/mol. The number of para-hydroxylation sites is 1. The van der Waals surface area contributed by atoms with E-state index in [4.69, 9.17) is 4.74 Å². The second-order valence-electron chi connectivity index (χ2n) is 4.57. The van der Waals surface area contributed by atoms with Gasteiger partial charge in [-0.15, -0.1) is 0 Å². The Labute approximate surface area is 121 Å². The van der Waals surface area contributed by atoms with E-state index >= 15 is 0 Å². The van der Waals surface area contributed by atoms with Gasteiger partial charge in [0.1, 0.15) is 11.6 Å². The van der Waals surface area contributed by atoms with Crippen LogP contribution in [0.15, 0.2) is 53.3 Å². The van der Waals surface area contributed by atoms with E-state index in [1.54, 1.807) is 19.3 Å². The largest absolute Gasteiger partial charge is 0.497 e. The Kier molecular flexibility index (Phi) is 3.51. The van der Waals surface area contributed by atoms with E-state index in [0.717, 1.165) is 11.3 Å². The predicted molar refractivity (Wildman–Crippen MR) is 84.3 cm³/mol. The maximum Gasteiger partial charge on any atom is 0.259 e. The van der Waals surface area contributed by atoms with Gasteiger partial charge in [0, 0.05) is 0 Å². The fourth-order valence-corrected chi connectivity index (χ4v) is 2.07. The smallest absolute Gasteiger partial charge is 0.259 e. The topological polar surface area (TPSA) is 55.0 Å². The Morgan fingerprint density at radius 2 is 1.81 bits per heavy atom.